The summed E-state index contributed by atoms with van der Waals surface area (Å²) in [7, 11) is 1.70. The Labute approximate surface area is 143 Å². The molecule has 2 aromatic rings. The van der Waals surface area contributed by atoms with E-state index in [2.05, 4.69) is 49.4 Å². The van der Waals surface area contributed by atoms with Crippen molar-refractivity contribution < 1.29 is 4.79 Å². The summed E-state index contributed by atoms with van der Waals surface area (Å²) in [5.74, 6) is 0.666. The smallest absolute Gasteiger partial charge is 0.245 e. The Bertz CT molecular complexity index is 822. The first-order valence-electron chi connectivity index (χ1n) is 8.53. The Morgan fingerprint density at radius 1 is 1.17 bits per heavy atom. The third-order valence-electron chi connectivity index (χ3n) is 4.84. The van der Waals surface area contributed by atoms with E-state index in [9.17, 15) is 4.79 Å². The van der Waals surface area contributed by atoms with Gasteiger partial charge in [-0.25, -0.2) is 0 Å². The molecular formula is C20H20BN2O. The molecule has 1 radical (unpaired) electrons. The zero-order valence-electron chi connectivity index (χ0n) is 13.8. The van der Waals surface area contributed by atoms with Gasteiger partial charge < -0.3 is 10.5 Å². The summed E-state index contributed by atoms with van der Waals surface area (Å²) in [5.41, 5.74) is 12.3. The molecule has 0 bridgehead atoms. The van der Waals surface area contributed by atoms with Crippen LogP contribution in [0.4, 0.5) is 0 Å². The van der Waals surface area contributed by atoms with Gasteiger partial charge in [0.1, 0.15) is 11.7 Å². The first-order chi connectivity index (χ1) is 11.7. The fourth-order valence-electron chi connectivity index (χ4n) is 3.22. The highest BCUT2D eigenvalue weighted by Crippen LogP contribution is 2.40. The van der Waals surface area contributed by atoms with Crippen molar-refractivity contribution >= 4 is 24.1 Å². The van der Waals surface area contributed by atoms with Crippen molar-refractivity contribution in [1.29, 1.82) is 0 Å². The van der Waals surface area contributed by atoms with Crippen molar-refractivity contribution in [3.63, 3.8) is 0 Å². The standard InChI is InChI=1S/C20H20BN2O/c1-12-2-4-14(5-3-12)19-16-10-15(13-6-7-13)8-9-17(16)21-20(24)18(11-22)23-19/h2-5,8-10,13,18H,6-7,11,22H2,1H3. The van der Waals surface area contributed by atoms with E-state index in [-0.39, 0.29) is 12.2 Å². The zero-order valence-corrected chi connectivity index (χ0v) is 13.8. The van der Waals surface area contributed by atoms with Crippen molar-refractivity contribution in [3.05, 3.63) is 64.7 Å². The van der Waals surface area contributed by atoms with E-state index in [4.69, 9.17) is 10.7 Å². The van der Waals surface area contributed by atoms with Gasteiger partial charge in [-0.1, -0.05) is 47.4 Å². The highest BCUT2D eigenvalue weighted by Gasteiger charge is 2.29. The third kappa shape index (κ3) is 2.82. The Kier molecular flexibility index (Phi) is 3.85. The summed E-state index contributed by atoms with van der Waals surface area (Å²) >= 11 is 0. The van der Waals surface area contributed by atoms with Crippen molar-refractivity contribution in [1.82, 2.24) is 0 Å². The van der Waals surface area contributed by atoms with Gasteiger partial charge in [0.15, 0.2) is 0 Å². The molecule has 2 aromatic carbocycles. The Hall–Kier alpha value is -2.20. The maximum atomic E-state index is 12.4. The van der Waals surface area contributed by atoms with Gasteiger partial charge in [-0.15, -0.1) is 0 Å². The van der Waals surface area contributed by atoms with Crippen LogP contribution in [0.1, 0.15) is 41.0 Å². The van der Waals surface area contributed by atoms with Gasteiger partial charge >= 0.3 is 0 Å². The molecule has 0 aromatic heterocycles. The molecular weight excluding hydrogens is 295 g/mol. The maximum Gasteiger partial charge on any atom is 0.245 e. The zero-order chi connectivity index (χ0) is 16.7. The highest BCUT2D eigenvalue weighted by molar-refractivity contribution is 6.86. The first-order valence-corrected chi connectivity index (χ1v) is 8.53. The lowest BCUT2D eigenvalue weighted by Crippen LogP contribution is -2.35. The van der Waals surface area contributed by atoms with E-state index >= 15 is 0 Å². The lowest BCUT2D eigenvalue weighted by Gasteiger charge is -2.13. The number of aryl methyl sites for hydroxylation is 1. The molecule has 2 N–H and O–H groups in total. The second-order valence-corrected chi connectivity index (χ2v) is 6.76. The van der Waals surface area contributed by atoms with Gasteiger partial charge in [-0.2, -0.15) is 0 Å². The molecule has 1 saturated carbocycles. The second-order valence-electron chi connectivity index (χ2n) is 6.76. The number of carbonyl (C=O) groups excluding carboxylic acids is 1. The van der Waals surface area contributed by atoms with E-state index < -0.39 is 6.04 Å². The normalized spacial score (nSPS) is 20.0. The molecule has 1 heterocycles. The van der Waals surface area contributed by atoms with Crippen LogP contribution in [0.15, 0.2) is 47.5 Å². The fourth-order valence-corrected chi connectivity index (χ4v) is 3.22. The van der Waals surface area contributed by atoms with E-state index in [1.165, 1.54) is 24.0 Å². The van der Waals surface area contributed by atoms with Gasteiger partial charge in [0.05, 0.1) is 5.71 Å². The number of aliphatic imine (C=N–C) groups is 1. The number of nitrogens with two attached hydrogens (primary N) is 1. The summed E-state index contributed by atoms with van der Waals surface area (Å²) in [6.45, 7) is 2.30. The van der Waals surface area contributed by atoms with Crippen molar-refractivity contribution in [3.8, 4) is 0 Å². The maximum absolute atomic E-state index is 12.4. The molecule has 1 aliphatic carbocycles. The lowest BCUT2D eigenvalue weighted by molar-refractivity contribution is -0.112. The van der Waals surface area contributed by atoms with Crippen molar-refractivity contribution in [2.24, 2.45) is 10.7 Å². The molecule has 4 rings (SSSR count). The van der Waals surface area contributed by atoms with E-state index in [0.29, 0.717) is 5.92 Å². The number of carbonyl (C=O) groups is 1. The molecule has 24 heavy (non-hydrogen) atoms. The van der Waals surface area contributed by atoms with Gasteiger partial charge in [0, 0.05) is 12.1 Å². The minimum Gasteiger partial charge on any atom is -0.328 e. The van der Waals surface area contributed by atoms with Gasteiger partial charge in [-0.05, 0) is 42.9 Å². The topological polar surface area (TPSA) is 55.4 Å². The monoisotopic (exact) mass is 315 g/mol. The molecule has 1 aliphatic heterocycles. The largest absolute Gasteiger partial charge is 0.328 e. The molecule has 3 nitrogen and oxygen atoms in total. The van der Waals surface area contributed by atoms with Crippen LogP contribution >= 0.6 is 0 Å². The van der Waals surface area contributed by atoms with Crippen molar-refractivity contribution in [2.75, 3.05) is 6.54 Å². The lowest BCUT2D eigenvalue weighted by atomic mass is 9.62. The van der Waals surface area contributed by atoms with E-state index in [1.807, 2.05) is 0 Å². The number of nitrogens with zero attached hydrogens (tertiary/aromatic N) is 1. The van der Waals surface area contributed by atoms with Crippen molar-refractivity contribution in [2.45, 2.75) is 31.7 Å². The third-order valence-corrected chi connectivity index (χ3v) is 4.84. The summed E-state index contributed by atoms with van der Waals surface area (Å²) < 4.78 is 0. The minimum absolute atomic E-state index is 0.0139. The summed E-state index contributed by atoms with van der Waals surface area (Å²) in [5, 5.41) is 0. The molecule has 119 valence electrons. The van der Waals surface area contributed by atoms with Gasteiger partial charge in [-0.3, -0.25) is 4.99 Å². The minimum atomic E-state index is -0.502. The summed E-state index contributed by atoms with van der Waals surface area (Å²) in [4.78, 5) is 17.2. The molecule has 4 heteroatoms. The number of fused-ring (bicyclic) bond motifs is 1. The number of hydrogen-bond acceptors (Lipinski definition) is 3. The summed E-state index contributed by atoms with van der Waals surface area (Å²) in [6.07, 6.45) is 2.51. The number of rotatable bonds is 3. The van der Waals surface area contributed by atoms with Crippen LogP contribution < -0.4 is 11.2 Å². The van der Waals surface area contributed by atoms with Gasteiger partial charge in [0.2, 0.25) is 7.28 Å². The molecule has 1 fully saturated rings. The van der Waals surface area contributed by atoms with Crippen LogP contribution in [0.3, 0.4) is 0 Å². The molecule has 0 amide bonds. The predicted molar refractivity (Wildman–Crippen MR) is 98.5 cm³/mol. The quantitative estimate of drug-likeness (QED) is 0.880. The van der Waals surface area contributed by atoms with Crippen LogP contribution in [0.5, 0.6) is 0 Å². The molecule has 1 unspecified atom stereocenters. The Morgan fingerprint density at radius 2 is 1.92 bits per heavy atom. The Balaban J connectivity index is 1.88. The molecule has 0 spiro atoms. The number of benzene rings is 2. The first kappa shape index (κ1) is 15.3. The van der Waals surface area contributed by atoms with Gasteiger partial charge in [0.25, 0.3) is 0 Å². The van der Waals surface area contributed by atoms with Crippen LogP contribution in [0.25, 0.3) is 0 Å². The fraction of sp³-hybridized carbons (Fsp3) is 0.300. The second kappa shape index (κ2) is 6.02. The van der Waals surface area contributed by atoms with E-state index in [0.717, 1.165) is 22.3 Å². The summed E-state index contributed by atoms with van der Waals surface area (Å²) in [6, 6.07) is 14.2. The Morgan fingerprint density at radius 3 is 2.58 bits per heavy atom. The predicted octanol–water partition coefficient (Wildman–Crippen LogP) is 1.91. The molecule has 0 saturated heterocycles. The number of hydrogen-bond donors (Lipinski definition) is 1. The van der Waals surface area contributed by atoms with Crippen LogP contribution in [0.2, 0.25) is 0 Å². The average molecular weight is 315 g/mol. The highest BCUT2D eigenvalue weighted by atomic mass is 16.1. The molecule has 1 atom stereocenters. The van der Waals surface area contributed by atoms with E-state index in [1.54, 1.807) is 7.28 Å². The van der Waals surface area contributed by atoms with Crippen LogP contribution in [0, 0.1) is 6.92 Å². The molecule has 2 aliphatic rings. The van der Waals surface area contributed by atoms with Crippen LogP contribution in [-0.4, -0.2) is 31.3 Å². The van der Waals surface area contributed by atoms with Crippen LogP contribution in [-0.2, 0) is 4.79 Å². The SMILES string of the molecule is Cc1ccc(C2=NC(CN)C(=O)[B]c3ccc(C4CC4)cc32)cc1. The average Bonchev–Trinajstić information content (AvgIpc) is 3.42.